The van der Waals surface area contributed by atoms with Gasteiger partial charge in [-0.15, -0.1) is 0 Å². The van der Waals surface area contributed by atoms with Gasteiger partial charge in [0, 0.05) is 0 Å². The minimum absolute atomic E-state index is 0.793. The molecule has 3 aliphatic carbocycles. The lowest BCUT2D eigenvalue weighted by Gasteiger charge is -2.48. The van der Waals surface area contributed by atoms with Gasteiger partial charge in [-0.25, -0.2) is 0 Å². The fourth-order valence-electron chi connectivity index (χ4n) is 6.46. The Labute approximate surface area is 139 Å². The van der Waals surface area contributed by atoms with Crippen LogP contribution in [0.4, 0.5) is 0 Å². The van der Waals surface area contributed by atoms with Crippen molar-refractivity contribution in [3.8, 4) is 0 Å². The van der Waals surface area contributed by atoms with Crippen LogP contribution in [0.3, 0.4) is 0 Å². The van der Waals surface area contributed by atoms with Gasteiger partial charge in [0.15, 0.2) is 0 Å². The molecule has 0 spiro atoms. The van der Waals surface area contributed by atoms with Crippen molar-refractivity contribution in [2.75, 3.05) is 0 Å². The zero-order valence-electron chi connectivity index (χ0n) is 15.3. The lowest BCUT2D eigenvalue weighted by Crippen LogP contribution is -2.37. The van der Waals surface area contributed by atoms with Crippen molar-refractivity contribution in [3.63, 3.8) is 0 Å². The van der Waals surface area contributed by atoms with E-state index in [1.165, 1.54) is 38.5 Å². The van der Waals surface area contributed by atoms with Crippen LogP contribution < -0.4 is 0 Å². The molecule has 0 heteroatoms. The molecule has 3 rings (SSSR count). The van der Waals surface area contributed by atoms with E-state index in [-0.39, 0.29) is 0 Å². The molecule has 0 aromatic heterocycles. The molecule has 3 saturated carbocycles. The molecule has 0 radical (unpaired) electrons. The maximum Gasteiger partial charge on any atom is -0.0267 e. The third-order valence-corrected chi connectivity index (χ3v) is 7.68. The summed E-state index contributed by atoms with van der Waals surface area (Å²) in [7, 11) is 0. The van der Waals surface area contributed by atoms with Gasteiger partial charge in [0.2, 0.25) is 0 Å². The average Bonchev–Trinajstić information content (AvgIpc) is 2.59. The molecule has 0 nitrogen and oxygen atoms in total. The molecular weight excluding hydrogens is 264 g/mol. The monoisotopic (exact) mass is 304 g/mol. The van der Waals surface area contributed by atoms with Crippen molar-refractivity contribution in [1.29, 1.82) is 0 Å². The van der Waals surface area contributed by atoms with Crippen molar-refractivity contribution < 1.29 is 0 Å². The maximum absolute atomic E-state index is 2.37. The first-order chi connectivity index (χ1) is 10.8. The van der Waals surface area contributed by atoms with Crippen LogP contribution in [0, 0.1) is 23.2 Å². The predicted molar refractivity (Wildman–Crippen MR) is 97.1 cm³/mol. The van der Waals surface area contributed by atoms with Crippen molar-refractivity contribution in [3.05, 3.63) is 0 Å². The van der Waals surface area contributed by atoms with Gasteiger partial charge in [-0.2, -0.15) is 0 Å². The molecule has 0 bridgehead atoms. The quantitative estimate of drug-likeness (QED) is 0.493. The zero-order valence-corrected chi connectivity index (χ0v) is 15.3. The molecule has 0 saturated heterocycles. The van der Waals surface area contributed by atoms with Crippen molar-refractivity contribution in [2.45, 2.75) is 116 Å². The second-order valence-electron chi connectivity index (χ2n) is 9.14. The predicted octanol–water partition coefficient (Wildman–Crippen LogP) is 7.51. The number of rotatable bonds is 5. The smallest absolute Gasteiger partial charge is 0.0267 e. The number of hydrogen-bond donors (Lipinski definition) is 0. The maximum atomic E-state index is 2.37. The summed E-state index contributed by atoms with van der Waals surface area (Å²) in [5.74, 6) is 3.28. The van der Waals surface area contributed by atoms with E-state index in [9.17, 15) is 0 Å². The summed E-state index contributed by atoms with van der Waals surface area (Å²) in [4.78, 5) is 0. The van der Waals surface area contributed by atoms with Crippen molar-refractivity contribution in [1.82, 2.24) is 0 Å². The first-order valence-corrected chi connectivity index (χ1v) is 10.8. The summed E-state index contributed by atoms with van der Waals surface area (Å²) in [6, 6.07) is 0. The fraction of sp³-hybridized carbons (Fsp3) is 1.00. The van der Waals surface area contributed by atoms with Gasteiger partial charge >= 0.3 is 0 Å². The third kappa shape index (κ3) is 4.09. The standard InChI is InChI=1S/C22H40/c1-2-9-19-12-14-20(15-13-19)18-22(16-7-4-8-17-22)21-10-5-3-6-11-21/h19-21H,2-18H2,1H3. The highest BCUT2D eigenvalue weighted by Gasteiger charge is 2.41. The van der Waals surface area contributed by atoms with Gasteiger partial charge in [0.1, 0.15) is 0 Å². The summed E-state index contributed by atoms with van der Waals surface area (Å²) in [5, 5.41) is 0. The molecule has 0 aliphatic heterocycles. The Bertz CT molecular complexity index is 298. The Hall–Kier alpha value is 0. The van der Waals surface area contributed by atoms with E-state index in [1.54, 1.807) is 70.6 Å². The normalized spacial score (nSPS) is 33.7. The van der Waals surface area contributed by atoms with Gasteiger partial charge < -0.3 is 0 Å². The van der Waals surface area contributed by atoms with Crippen LogP contribution in [-0.4, -0.2) is 0 Å². The van der Waals surface area contributed by atoms with E-state index in [0.29, 0.717) is 0 Å². The molecule has 0 aromatic rings. The molecule has 0 amide bonds. The van der Waals surface area contributed by atoms with Crippen molar-refractivity contribution in [2.24, 2.45) is 23.2 Å². The molecule has 0 atom stereocenters. The van der Waals surface area contributed by atoms with Crippen LogP contribution in [-0.2, 0) is 0 Å². The topological polar surface area (TPSA) is 0 Å². The summed E-state index contributed by atoms with van der Waals surface area (Å²) >= 11 is 0. The Morgan fingerprint density at radius 3 is 1.91 bits per heavy atom. The first kappa shape index (κ1) is 16.8. The highest BCUT2D eigenvalue weighted by molar-refractivity contribution is 4.92. The van der Waals surface area contributed by atoms with E-state index in [0.717, 1.165) is 23.2 Å². The van der Waals surface area contributed by atoms with Crippen LogP contribution in [0.15, 0.2) is 0 Å². The fourth-order valence-corrected chi connectivity index (χ4v) is 6.46. The lowest BCUT2D eigenvalue weighted by atomic mass is 9.57. The Morgan fingerprint density at radius 1 is 0.682 bits per heavy atom. The molecule has 22 heavy (non-hydrogen) atoms. The van der Waals surface area contributed by atoms with Crippen LogP contribution in [0.1, 0.15) is 116 Å². The summed E-state index contributed by atoms with van der Waals surface area (Å²) in [6.45, 7) is 2.37. The molecule has 0 unspecified atom stereocenters. The van der Waals surface area contributed by atoms with Gasteiger partial charge in [-0.1, -0.05) is 84.0 Å². The van der Waals surface area contributed by atoms with E-state index in [1.807, 2.05) is 0 Å². The molecule has 0 heterocycles. The highest BCUT2D eigenvalue weighted by Crippen LogP contribution is 2.53. The van der Waals surface area contributed by atoms with E-state index >= 15 is 0 Å². The molecular formula is C22H40. The Balaban J connectivity index is 1.58. The summed E-state index contributed by atoms with van der Waals surface area (Å²) in [6.07, 6.45) is 26.3. The van der Waals surface area contributed by atoms with Gasteiger partial charge in [0.05, 0.1) is 0 Å². The van der Waals surface area contributed by atoms with Crippen LogP contribution in [0.2, 0.25) is 0 Å². The van der Waals surface area contributed by atoms with Gasteiger partial charge in [-0.3, -0.25) is 0 Å². The largest absolute Gasteiger partial charge is 0.0654 e. The minimum Gasteiger partial charge on any atom is -0.0654 e. The SMILES string of the molecule is CCCC1CCC(CC2(C3CCCCC3)CCCCC2)CC1. The third-order valence-electron chi connectivity index (χ3n) is 7.68. The Kier molecular flexibility index (Phi) is 6.28. The van der Waals surface area contributed by atoms with E-state index in [2.05, 4.69) is 6.92 Å². The van der Waals surface area contributed by atoms with Crippen LogP contribution in [0.25, 0.3) is 0 Å². The molecule has 128 valence electrons. The second-order valence-corrected chi connectivity index (χ2v) is 9.14. The van der Waals surface area contributed by atoms with E-state index in [4.69, 9.17) is 0 Å². The Morgan fingerprint density at radius 2 is 1.27 bits per heavy atom. The highest BCUT2D eigenvalue weighted by atomic mass is 14.5. The van der Waals surface area contributed by atoms with Crippen molar-refractivity contribution >= 4 is 0 Å². The molecule has 3 aliphatic rings. The van der Waals surface area contributed by atoms with Gasteiger partial charge in [-0.05, 0) is 55.3 Å². The van der Waals surface area contributed by atoms with E-state index < -0.39 is 0 Å². The average molecular weight is 305 g/mol. The molecule has 0 N–H and O–H groups in total. The van der Waals surface area contributed by atoms with Gasteiger partial charge in [0.25, 0.3) is 0 Å². The zero-order chi connectivity index (χ0) is 15.3. The number of hydrogen-bond acceptors (Lipinski definition) is 0. The summed E-state index contributed by atoms with van der Waals surface area (Å²) in [5.41, 5.74) is 0.793. The first-order valence-electron chi connectivity index (χ1n) is 10.8. The molecule has 0 aromatic carbocycles. The lowest BCUT2D eigenvalue weighted by molar-refractivity contribution is 0.0295. The van der Waals surface area contributed by atoms with Crippen LogP contribution >= 0.6 is 0 Å². The minimum atomic E-state index is 0.793. The second kappa shape index (κ2) is 8.20. The molecule has 3 fully saturated rings. The van der Waals surface area contributed by atoms with Crippen LogP contribution in [0.5, 0.6) is 0 Å². The summed E-state index contributed by atoms with van der Waals surface area (Å²) < 4.78 is 0.